The van der Waals surface area contributed by atoms with Crippen molar-refractivity contribution in [3.05, 3.63) is 0 Å². The van der Waals surface area contributed by atoms with Crippen molar-refractivity contribution in [2.45, 2.75) is 0 Å². The van der Waals surface area contributed by atoms with Gasteiger partial charge in [-0.1, -0.05) is 0 Å². The Morgan fingerprint density at radius 3 is 0.600 bits per heavy atom. The fourth-order valence-corrected chi connectivity index (χ4v) is 0. The van der Waals surface area contributed by atoms with Crippen LogP contribution in [0.4, 0.5) is 0 Å². The van der Waals surface area contributed by atoms with Crippen molar-refractivity contribution >= 4 is 24.4 Å². The summed E-state index contributed by atoms with van der Waals surface area (Å²) in [6.07, 6.45) is 0. The van der Waals surface area contributed by atoms with E-state index in [0.717, 1.165) is 0 Å². The van der Waals surface area contributed by atoms with E-state index in [9.17, 15) is 0 Å². The van der Waals surface area contributed by atoms with Gasteiger partial charge in [0.15, 0.2) is 0 Å². The van der Waals surface area contributed by atoms with Gasteiger partial charge in [-0.15, -0.1) is 0 Å². The van der Waals surface area contributed by atoms with Gasteiger partial charge in [-0.05, 0) is 0 Å². The normalized spacial score (nSPS) is 0. The standard InChI is InChI=1S/2Cu.2H2O.Sb.2H/h;;2*1H2;;;. The molecule has 0 aliphatic rings. The molecule has 0 unspecified atom stereocenters. The van der Waals surface area contributed by atoms with E-state index in [1.807, 2.05) is 0 Å². The molecule has 0 heterocycles. The Balaban J connectivity index is 0. The molecule has 0 aromatic rings. The fraction of sp³-hybridized carbons (Fsp3) is 0. The van der Waals surface area contributed by atoms with Gasteiger partial charge in [-0.2, -0.15) is 0 Å². The first-order valence-electron chi connectivity index (χ1n) is 0. The summed E-state index contributed by atoms with van der Waals surface area (Å²) in [5.74, 6) is 0. The molecule has 2 nitrogen and oxygen atoms in total. The molecule has 0 amide bonds. The molecular formula is H6Cu2O2Sb. The van der Waals surface area contributed by atoms with Crippen LogP contribution in [0.1, 0.15) is 0 Å². The second kappa shape index (κ2) is 41.7. The van der Waals surface area contributed by atoms with Crippen LogP contribution in [-0.2, 0) is 34.1 Å². The van der Waals surface area contributed by atoms with Crippen LogP contribution < -0.4 is 0 Å². The molecule has 0 aliphatic carbocycles. The monoisotopic (exact) mass is 285 g/mol. The van der Waals surface area contributed by atoms with Gasteiger partial charge in [-0.3, -0.25) is 0 Å². The molecule has 4 N–H and O–H groups in total. The Labute approximate surface area is 69.1 Å². The van der Waals surface area contributed by atoms with Gasteiger partial charge in [0.1, 0.15) is 0 Å². The first-order valence-corrected chi connectivity index (χ1v) is 0. The number of rotatable bonds is 0. The molecule has 3 radical (unpaired) electrons. The fourth-order valence-electron chi connectivity index (χ4n) is 0. The summed E-state index contributed by atoms with van der Waals surface area (Å²) in [5, 5.41) is 0. The van der Waals surface area contributed by atoms with E-state index < -0.39 is 0 Å². The van der Waals surface area contributed by atoms with Crippen LogP contribution in [0.15, 0.2) is 0 Å². The van der Waals surface area contributed by atoms with Gasteiger partial charge in [0.2, 0.25) is 0 Å². The van der Waals surface area contributed by atoms with Crippen molar-refractivity contribution < 1.29 is 45.1 Å². The average molecular weight is 287 g/mol. The van der Waals surface area contributed by atoms with E-state index in [1.54, 1.807) is 0 Å². The van der Waals surface area contributed by atoms with E-state index >= 15 is 0 Å². The third-order valence-electron chi connectivity index (χ3n) is 0. The molecule has 0 saturated carbocycles. The molecule has 45 valence electrons. The summed E-state index contributed by atoms with van der Waals surface area (Å²) in [6.45, 7) is 0. The van der Waals surface area contributed by atoms with Crippen molar-refractivity contribution in [3.8, 4) is 0 Å². The minimum atomic E-state index is 0. The summed E-state index contributed by atoms with van der Waals surface area (Å²) < 4.78 is 0. The van der Waals surface area contributed by atoms with Crippen molar-refractivity contribution in [1.29, 1.82) is 0 Å². The number of hydrogen-bond acceptors (Lipinski definition) is 0. The predicted molar refractivity (Wildman–Crippen MR) is 15.8 cm³/mol. The van der Waals surface area contributed by atoms with Gasteiger partial charge in [-0.25, -0.2) is 0 Å². The average Bonchev–Trinajstić information content (AvgIpc) is 0. The molecule has 0 rings (SSSR count). The van der Waals surface area contributed by atoms with Crippen molar-refractivity contribution in [2.75, 3.05) is 0 Å². The minimum absolute atomic E-state index is 0. The molecule has 0 atom stereocenters. The van der Waals surface area contributed by atoms with Gasteiger partial charge < -0.3 is 11.0 Å². The number of hydrogen-bond donors (Lipinski definition) is 0. The zero-order chi connectivity index (χ0) is 0. The zero-order valence-electron chi connectivity index (χ0n) is 2.18. The molecule has 5 heavy (non-hydrogen) atoms. The molecule has 0 fully saturated rings. The Kier molecular flexibility index (Phi) is 598. The van der Waals surface area contributed by atoms with E-state index in [0.29, 0.717) is 0 Å². The Morgan fingerprint density at radius 1 is 0.600 bits per heavy atom. The van der Waals surface area contributed by atoms with Gasteiger partial charge in [0.25, 0.3) is 0 Å². The van der Waals surface area contributed by atoms with Crippen LogP contribution in [-0.4, -0.2) is 35.4 Å². The first kappa shape index (κ1) is 71.6. The SMILES string of the molecule is O.O.[Cu].[Cu].[SbH2]. The van der Waals surface area contributed by atoms with E-state index in [-0.39, 0.29) is 69.5 Å². The van der Waals surface area contributed by atoms with Crippen molar-refractivity contribution in [1.82, 2.24) is 0 Å². The second-order valence-electron chi connectivity index (χ2n) is 0. The Morgan fingerprint density at radius 2 is 0.600 bits per heavy atom. The summed E-state index contributed by atoms with van der Waals surface area (Å²) in [6, 6.07) is 0. The van der Waals surface area contributed by atoms with Gasteiger partial charge >= 0.3 is 24.4 Å². The molecule has 0 saturated heterocycles. The van der Waals surface area contributed by atoms with E-state index in [4.69, 9.17) is 0 Å². The van der Waals surface area contributed by atoms with Crippen LogP contribution in [0.5, 0.6) is 0 Å². The second-order valence-corrected chi connectivity index (χ2v) is 0. The molecule has 0 aromatic heterocycles. The Hall–Kier alpha value is 1.78. The van der Waals surface area contributed by atoms with Crippen LogP contribution in [0.2, 0.25) is 0 Å². The van der Waals surface area contributed by atoms with Crippen LogP contribution in [0.25, 0.3) is 0 Å². The van der Waals surface area contributed by atoms with E-state index in [1.165, 1.54) is 0 Å². The Bertz CT molecular complexity index is 7.61. The van der Waals surface area contributed by atoms with Gasteiger partial charge in [0.05, 0.1) is 0 Å². The summed E-state index contributed by atoms with van der Waals surface area (Å²) in [4.78, 5) is 0. The third kappa shape index (κ3) is 26.1. The quantitative estimate of drug-likeness (QED) is 0.440. The first-order chi connectivity index (χ1) is 0. The summed E-state index contributed by atoms with van der Waals surface area (Å²) in [7, 11) is 0. The van der Waals surface area contributed by atoms with Crippen molar-refractivity contribution in [3.63, 3.8) is 0 Å². The summed E-state index contributed by atoms with van der Waals surface area (Å²) in [5.41, 5.74) is 0. The maximum atomic E-state index is 0. The van der Waals surface area contributed by atoms with E-state index in [2.05, 4.69) is 0 Å². The van der Waals surface area contributed by atoms with Gasteiger partial charge in [0, 0.05) is 34.1 Å². The third-order valence-corrected chi connectivity index (χ3v) is 0. The predicted octanol–water partition coefficient (Wildman–Crippen LogP) is -2.57. The molecule has 0 bridgehead atoms. The molecule has 0 aromatic carbocycles. The van der Waals surface area contributed by atoms with Crippen molar-refractivity contribution in [2.24, 2.45) is 0 Å². The van der Waals surface area contributed by atoms with Crippen LogP contribution >= 0.6 is 0 Å². The molecule has 0 spiro atoms. The topological polar surface area (TPSA) is 63.0 Å². The molecule has 0 aliphatic heterocycles. The maximum absolute atomic E-state index is 0. The summed E-state index contributed by atoms with van der Waals surface area (Å²) >= 11 is 0. The molecule has 5 heteroatoms. The zero-order valence-corrected chi connectivity index (χ0v) is 7.36. The van der Waals surface area contributed by atoms with Crippen LogP contribution in [0, 0.1) is 0 Å². The van der Waals surface area contributed by atoms with Crippen LogP contribution in [0.3, 0.4) is 0 Å². The molecular weight excluding hydrogens is 281 g/mol.